The summed E-state index contributed by atoms with van der Waals surface area (Å²) in [6.45, 7) is 6.02. The number of hydrogen-bond donors (Lipinski definition) is 1. The first kappa shape index (κ1) is 13.7. The molecule has 0 saturated carbocycles. The van der Waals surface area contributed by atoms with Crippen LogP contribution in [0.25, 0.3) is 10.2 Å². The Labute approximate surface area is 122 Å². The Hall–Kier alpha value is -1.24. The third-order valence-electron chi connectivity index (χ3n) is 3.67. The van der Waals surface area contributed by atoms with Crippen LogP contribution in [0.3, 0.4) is 0 Å². The van der Waals surface area contributed by atoms with Crippen LogP contribution in [0.15, 0.2) is 6.07 Å². The fraction of sp³-hybridized carbons (Fsp3) is 0.571. The minimum atomic E-state index is -0.451. The van der Waals surface area contributed by atoms with Crippen molar-refractivity contribution in [3.63, 3.8) is 0 Å². The minimum absolute atomic E-state index is 0.451. The van der Waals surface area contributed by atoms with Crippen LogP contribution < -0.4 is 5.73 Å². The topological polar surface area (TPSA) is 70.3 Å². The van der Waals surface area contributed by atoms with Crippen molar-refractivity contribution in [2.45, 2.75) is 32.3 Å². The van der Waals surface area contributed by atoms with E-state index in [1.807, 2.05) is 13.0 Å². The minimum Gasteiger partial charge on any atom is -0.383 e. The normalized spacial score (nSPS) is 18.5. The zero-order valence-electron chi connectivity index (χ0n) is 11.8. The highest BCUT2D eigenvalue weighted by Gasteiger charge is 2.38. The lowest BCUT2D eigenvalue weighted by atomic mass is 9.93. The van der Waals surface area contributed by atoms with Crippen LogP contribution in [-0.4, -0.2) is 29.8 Å². The number of thiophene rings is 1. The molecule has 6 heteroatoms. The summed E-state index contributed by atoms with van der Waals surface area (Å²) in [5.74, 6) is 1.24. The number of anilines is 1. The van der Waals surface area contributed by atoms with Gasteiger partial charge in [0, 0.05) is 37.5 Å². The van der Waals surface area contributed by atoms with E-state index in [0.29, 0.717) is 31.5 Å². The Balaban J connectivity index is 2.10. The van der Waals surface area contributed by atoms with Gasteiger partial charge in [0.1, 0.15) is 16.2 Å². The van der Waals surface area contributed by atoms with Gasteiger partial charge in [-0.1, -0.05) is 0 Å². The fourth-order valence-corrected chi connectivity index (χ4v) is 3.56. The molecule has 1 fully saturated rings. The molecule has 5 nitrogen and oxygen atoms in total. The van der Waals surface area contributed by atoms with Gasteiger partial charge in [-0.2, -0.15) is 0 Å². The van der Waals surface area contributed by atoms with Gasteiger partial charge in [0.2, 0.25) is 0 Å². The molecule has 108 valence electrons. The molecule has 0 aromatic carbocycles. The Morgan fingerprint density at radius 3 is 2.85 bits per heavy atom. The van der Waals surface area contributed by atoms with Crippen LogP contribution in [0.2, 0.25) is 0 Å². The van der Waals surface area contributed by atoms with E-state index < -0.39 is 5.60 Å². The molecule has 0 aliphatic carbocycles. The van der Waals surface area contributed by atoms with Gasteiger partial charge in [-0.05, 0) is 19.9 Å². The molecule has 2 aromatic rings. The molecule has 20 heavy (non-hydrogen) atoms. The molecule has 1 aliphatic rings. The zero-order chi connectivity index (χ0) is 14.2. The van der Waals surface area contributed by atoms with Crippen molar-refractivity contribution in [2.24, 2.45) is 0 Å². The number of rotatable bonds is 3. The fourth-order valence-electron chi connectivity index (χ4n) is 2.68. The zero-order valence-corrected chi connectivity index (χ0v) is 12.6. The largest absolute Gasteiger partial charge is 0.383 e. The van der Waals surface area contributed by atoms with Crippen molar-refractivity contribution in [1.82, 2.24) is 9.97 Å². The molecule has 0 bridgehead atoms. The Morgan fingerprint density at radius 1 is 1.40 bits per heavy atom. The van der Waals surface area contributed by atoms with Gasteiger partial charge in [0.25, 0.3) is 0 Å². The number of fused-ring (bicyclic) bond motifs is 1. The third kappa shape index (κ3) is 2.28. The van der Waals surface area contributed by atoms with E-state index in [9.17, 15) is 0 Å². The molecule has 1 saturated heterocycles. The lowest BCUT2D eigenvalue weighted by Gasteiger charge is -2.35. The van der Waals surface area contributed by atoms with Gasteiger partial charge in [-0.25, -0.2) is 9.97 Å². The number of ether oxygens (including phenoxy) is 2. The lowest BCUT2D eigenvalue weighted by Crippen LogP contribution is -2.38. The van der Waals surface area contributed by atoms with Crippen molar-refractivity contribution < 1.29 is 9.47 Å². The van der Waals surface area contributed by atoms with E-state index in [1.54, 1.807) is 11.3 Å². The van der Waals surface area contributed by atoms with Crippen LogP contribution in [0.5, 0.6) is 0 Å². The maximum Gasteiger partial charge on any atom is 0.164 e. The van der Waals surface area contributed by atoms with E-state index in [2.05, 4.69) is 11.9 Å². The summed E-state index contributed by atoms with van der Waals surface area (Å²) in [5.41, 5.74) is 5.65. The molecular weight excluding hydrogens is 274 g/mol. The van der Waals surface area contributed by atoms with Gasteiger partial charge in [0.15, 0.2) is 5.82 Å². The van der Waals surface area contributed by atoms with Gasteiger partial charge in [-0.15, -0.1) is 11.3 Å². The second kappa shape index (κ2) is 5.27. The molecule has 0 atom stereocenters. The average Bonchev–Trinajstić information content (AvgIpc) is 2.81. The number of nitrogens with zero attached hydrogens (tertiary/aromatic N) is 2. The Morgan fingerprint density at radius 2 is 2.15 bits per heavy atom. The molecule has 1 aliphatic heterocycles. The summed E-state index contributed by atoms with van der Waals surface area (Å²) in [6, 6.07) is 2.04. The second-order valence-electron chi connectivity index (χ2n) is 5.05. The number of nitrogen functional groups attached to an aromatic ring is 1. The van der Waals surface area contributed by atoms with Crippen molar-refractivity contribution >= 4 is 27.4 Å². The predicted molar refractivity (Wildman–Crippen MR) is 79.9 cm³/mol. The maximum absolute atomic E-state index is 6.10. The molecular formula is C14H19N3O2S. The number of hydrogen-bond acceptors (Lipinski definition) is 6. The van der Waals surface area contributed by atoms with Gasteiger partial charge >= 0.3 is 0 Å². The number of nitrogens with two attached hydrogens (primary N) is 1. The number of aryl methyl sites for hydroxylation is 1. The highest BCUT2D eigenvalue weighted by molar-refractivity contribution is 7.18. The summed E-state index contributed by atoms with van der Waals surface area (Å²) < 4.78 is 11.5. The van der Waals surface area contributed by atoms with Crippen molar-refractivity contribution in [2.75, 3.05) is 25.6 Å². The molecule has 0 unspecified atom stereocenters. The van der Waals surface area contributed by atoms with E-state index in [-0.39, 0.29) is 0 Å². The van der Waals surface area contributed by atoms with Gasteiger partial charge in [-0.3, -0.25) is 0 Å². The predicted octanol–water partition coefficient (Wildman–Crippen LogP) is 2.62. The summed E-state index contributed by atoms with van der Waals surface area (Å²) in [5, 5.41) is 0.940. The standard InChI is InChI=1S/C14H19N3O2S/c1-3-19-14(4-6-18-7-5-14)13-16-11(15)10-8-9(2)20-12(10)17-13/h8H,3-7H2,1-2H3,(H2,15,16,17). The van der Waals surface area contributed by atoms with Crippen LogP contribution in [-0.2, 0) is 15.1 Å². The van der Waals surface area contributed by atoms with Gasteiger partial charge in [0.05, 0.1) is 5.39 Å². The van der Waals surface area contributed by atoms with E-state index >= 15 is 0 Å². The lowest BCUT2D eigenvalue weighted by molar-refractivity contribution is -0.117. The molecule has 0 amide bonds. The quantitative estimate of drug-likeness (QED) is 0.942. The molecule has 3 heterocycles. The molecule has 0 radical (unpaired) electrons. The Bertz CT molecular complexity index is 615. The van der Waals surface area contributed by atoms with Crippen LogP contribution >= 0.6 is 11.3 Å². The Kier molecular flexibility index (Phi) is 3.62. The van der Waals surface area contributed by atoms with Crippen LogP contribution in [0.4, 0.5) is 5.82 Å². The summed E-state index contributed by atoms with van der Waals surface area (Å²) in [6.07, 6.45) is 1.55. The maximum atomic E-state index is 6.10. The molecule has 0 spiro atoms. The summed E-state index contributed by atoms with van der Waals surface area (Å²) in [4.78, 5) is 11.4. The first-order chi connectivity index (χ1) is 9.64. The summed E-state index contributed by atoms with van der Waals surface area (Å²) >= 11 is 1.64. The highest BCUT2D eigenvalue weighted by atomic mass is 32.1. The van der Waals surface area contributed by atoms with E-state index in [0.717, 1.165) is 23.1 Å². The van der Waals surface area contributed by atoms with E-state index in [1.165, 1.54) is 4.88 Å². The van der Waals surface area contributed by atoms with Crippen molar-refractivity contribution in [3.8, 4) is 0 Å². The van der Waals surface area contributed by atoms with Gasteiger partial charge < -0.3 is 15.2 Å². The monoisotopic (exact) mass is 293 g/mol. The first-order valence-electron chi connectivity index (χ1n) is 6.90. The van der Waals surface area contributed by atoms with Crippen molar-refractivity contribution in [1.29, 1.82) is 0 Å². The molecule has 2 aromatic heterocycles. The third-order valence-corrected chi connectivity index (χ3v) is 4.62. The highest BCUT2D eigenvalue weighted by Crippen LogP contribution is 2.37. The SMILES string of the molecule is CCOC1(c2nc(N)c3cc(C)sc3n2)CCOCC1. The van der Waals surface area contributed by atoms with E-state index in [4.69, 9.17) is 20.2 Å². The smallest absolute Gasteiger partial charge is 0.164 e. The number of aromatic nitrogens is 2. The van der Waals surface area contributed by atoms with Crippen molar-refractivity contribution in [3.05, 3.63) is 16.8 Å². The average molecular weight is 293 g/mol. The molecule has 2 N–H and O–H groups in total. The van der Waals surface area contributed by atoms with Crippen LogP contribution in [0, 0.1) is 6.92 Å². The molecule has 3 rings (SSSR count). The first-order valence-corrected chi connectivity index (χ1v) is 7.72. The second-order valence-corrected chi connectivity index (χ2v) is 6.28. The summed E-state index contributed by atoms with van der Waals surface area (Å²) in [7, 11) is 0. The van der Waals surface area contributed by atoms with Crippen LogP contribution in [0.1, 0.15) is 30.5 Å².